The van der Waals surface area contributed by atoms with Crippen LogP contribution >= 0.6 is 0 Å². The molecule has 3 heteroatoms. The van der Waals surface area contributed by atoms with E-state index in [-0.39, 0.29) is 0 Å². The van der Waals surface area contributed by atoms with Crippen LogP contribution in [-0.2, 0) is 4.74 Å². The highest BCUT2D eigenvalue weighted by Gasteiger charge is 2.31. The predicted molar refractivity (Wildman–Crippen MR) is 71.2 cm³/mol. The molecule has 0 aromatic rings. The molecule has 1 rings (SSSR count). The van der Waals surface area contributed by atoms with Crippen LogP contribution in [0.15, 0.2) is 0 Å². The number of hydrogen-bond donors (Lipinski definition) is 2. The Bertz CT molecular complexity index is 198. The highest BCUT2D eigenvalue weighted by molar-refractivity contribution is 4.86. The molecule has 3 nitrogen and oxygen atoms in total. The van der Waals surface area contributed by atoms with E-state index in [1.807, 2.05) is 13.8 Å². The first-order chi connectivity index (χ1) is 8.06. The topological polar surface area (TPSA) is 41.5 Å². The van der Waals surface area contributed by atoms with E-state index in [1.165, 1.54) is 19.3 Å². The van der Waals surface area contributed by atoms with E-state index in [0.29, 0.717) is 12.6 Å². The molecule has 0 aliphatic heterocycles. The van der Waals surface area contributed by atoms with Crippen LogP contribution in [0.1, 0.15) is 52.9 Å². The molecule has 0 aromatic carbocycles. The maximum atomic E-state index is 10.4. The summed E-state index contributed by atoms with van der Waals surface area (Å²) in [6.45, 7) is 8.60. The Morgan fingerprint density at radius 1 is 1.35 bits per heavy atom. The van der Waals surface area contributed by atoms with Crippen molar-refractivity contribution in [2.45, 2.75) is 64.6 Å². The van der Waals surface area contributed by atoms with Gasteiger partial charge in [0.15, 0.2) is 0 Å². The molecular weight excluding hydrogens is 214 g/mol. The van der Waals surface area contributed by atoms with Crippen LogP contribution < -0.4 is 5.32 Å². The molecule has 1 fully saturated rings. The van der Waals surface area contributed by atoms with Gasteiger partial charge in [-0.25, -0.2) is 0 Å². The SMILES string of the molecule is CCC1CCC(O)(CNCCOC(C)C)CC1. The Hall–Kier alpha value is -0.120. The van der Waals surface area contributed by atoms with E-state index in [0.717, 1.165) is 31.9 Å². The summed E-state index contributed by atoms with van der Waals surface area (Å²) in [7, 11) is 0. The minimum absolute atomic E-state index is 0.292. The summed E-state index contributed by atoms with van der Waals surface area (Å²) in [5, 5.41) is 13.7. The van der Waals surface area contributed by atoms with Crippen LogP contribution in [0, 0.1) is 5.92 Å². The molecule has 0 unspecified atom stereocenters. The molecule has 0 radical (unpaired) electrons. The standard InChI is InChI=1S/C14H29NO2/c1-4-13-5-7-14(16,8-6-13)11-15-9-10-17-12(2)3/h12-13,15-16H,4-11H2,1-3H3. The van der Waals surface area contributed by atoms with Gasteiger partial charge in [0.2, 0.25) is 0 Å². The Kier molecular flexibility index (Phi) is 6.45. The fourth-order valence-electron chi connectivity index (χ4n) is 2.49. The Morgan fingerprint density at radius 2 is 2.00 bits per heavy atom. The minimum atomic E-state index is -0.469. The van der Waals surface area contributed by atoms with Gasteiger partial charge in [0, 0.05) is 13.1 Å². The molecule has 17 heavy (non-hydrogen) atoms. The van der Waals surface area contributed by atoms with Gasteiger partial charge in [0.1, 0.15) is 0 Å². The summed E-state index contributed by atoms with van der Waals surface area (Å²) in [4.78, 5) is 0. The lowest BCUT2D eigenvalue weighted by Gasteiger charge is -2.36. The molecule has 0 bridgehead atoms. The Morgan fingerprint density at radius 3 is 2.53 bits per heavy atom. The van der Waals surface area contributed by atoms with Crippen molar-refractivity contribution < 1.29 is 9.84 Å². The normalized spacial score (nSPS) is 29.8. The van der Waals surface area contributed by atoms with E-state index in [1.54, 1.807) is 0 Å². The van der Waals surface area contributed by atoms with Gasteiger partial charge < -0.3 is 15.2 Å². The lowest BCUT2D eigenvalue weighted by molar-refractivity contribution is -0.0106. The first-order valence-electron chi connectivity index (χ1n) is 7.10. The molecule has 102 valence electrons. The van der Waals surface area contributed by atoms with Crippen molar-refractivity contribution in [3.63, 3.8) is 0 Å². The second-order valence-electron chi connectivity index (χ2n) is 5.67. The number of hydrogen-bond acceptors (Lipinski definition) is 3. The van der Waals surface area contributed by atoms with E-state index in [4.69, 9.17) is 4.74 Å². The summed E-state index contributed by atoms with van der Waals surface area (Å²) >= 11 is 0. The minimum Gasteiger partial charge on any atom is -0.389 e. The zero-order valence-corrected chi connectivity index (χ0v) is 11.7. The third-order valence-electron chi connectivity index (χ3n) is 3.80. The third kappa shape index (κ3) is 5.84. The summed E-state index contributed by atoms with van der Waals surface area (Å²) in [6.07, 6.45) is 5.80. The van der Waals surface area contributed by atoms with Gasteiger partial charge in [-0.05, 0) is 45.4 Å². The van der Waals surface area contributed by atoms with Crippen molar-refractivity contribution in [2.75, 3.05) is 19.7 Å². The lowest BCUT2D eigenvalue weighted by Crippen LogP contribution is -2.44. The van der Waals surface area contributed by atoms with Crippen LogP contribution in [0.25, 0.3) is 0 Å². The predicted octanol–water partition coefficient (Wildman–Crippen LogP) is 2.33. The van der Waals surface area contributed by atoms with E-state index < -0.39 is 5.60 Å². The van der Waals surface area contributed by atoms with Gasteiger partial charge in [-0.1, -0.05) is 13.3 Å². The van der Waals surface area contributed by atoms with E-state index in [2.05, 4.69) is 12.2 Å². The highest BCUT2D eigenvalue weighted by atomic mass is 16.5. The highest BCUT2D eigenvalue weighted by Crippen LogP contribution is 2.33. The Labute approximate surface area is 106 Å². The van der Waals surface area contributed by atoms with Gasteiger partial charge in [-0.3, -0.25) is 0 Å². The van der Waals surface area contributed by atoms with Crippen LogP contribution in [0.3, 0.4) is 0 Å². The molecule has 0 amide bonds. The van der Waals surface area contributed by atoms with Crippen LogP contribution in [-0.4, -0.2) is 36.5 Å². The quantitative estimate of drug-likeness (QED) is 0.674. The monoisotopic (exact) mass is 243 g/mol. The van der Waals surface area contributed by atoms with Crippen molar-refractivity contribution in [3.05, 3.63) is 0 Å². The summed E-state index contributed by atoms with van der Waals surface area (Å²) < 4.78 is 5.45. The van der Waals surface area contributed by atoms with Crippen LogP contribution in [0.4, 0.5) is 0 Å². The van der Waals surface area contributed by atoms with Gasteiger partial charge in [-0.15, -0.1) is 0 Å². The second kappa shape index (κ2) is 7.34. The summed E-state index contributed by atoms with van der Waals surface area (Å²) in [5.41, 5.74) is -0.469. The summed E-state index contributed by atoms with van der Waals surface area (Å²) in [5.74, 6) is 0.833. The summed E-state index contributed by atoms with van der Waals surface area (Å²) in [6, 6.07) is 0. The number of nitrogens with one attached hydrogen (secondary N) is 1. The molecule has 1 aliphatic rings. The van der Waals surface area contributed by atoms with Gasteiger partial charge in [0.05, 0.1) is 18.3 Å². The third-order valence-corrected chi connectivity index (χ3v) is 3.80. The molecular formula is C14H29NO2. The van der Waals surface area contributed by atoms with Crippen molar-refractivity contribution in [1.29, 1.82) is 0 Å². The molecule has 1 aliphatic carbocycles. The van der Waals surface area contributed by atoms with Gasteiger partial charge >= 0.3 is 0 Å². The molecule has 2 N–H and O–H groups in total. The maximum absolute atomic E-state index is 10.4. The van der Waals surface area contributed by atoms with Crippen molar-refractivity contribution in [3.8, 4) is 0 Å². The maximum Gasteiger partial charge on any atom is 0.0771 e. The number of aliphatic hydroxyl groups is 1. The molecule has 0 spiro atoms. The van der Waals surface area contributed by atoms with E-state index >= 15 is 0 Å². The molecule has 0 atom stereocenters. The van der Waals surface area contributed by atoms with Crippen LogP contribution in [0.2, 0.25) is 0 Å². The molecule has 1 saturated carbocycles. The zero-order valence-electron chi connectivity index (χ0n) is 11.7. The van der Waals surface area contributed by atoms with Crippen molar-refractivity contribution >= 4 is 0 Å². The molecule has 0 saturated heterocycles. The first kappa shape index (κ1) is 14.9. The number of rotatable bonds is 7. The zero-order chi connectivity index (χ0) is 12.7. The fraction of sp³-hybridized carbons (Fsp3) is 1.00. The average Bonchev–Trinajstić information content (AvgIpc) is 2.29. The first-order valence-corrected chi connectivity index (χ1v) is 7.10. The lowest BCUT2D eigenvalue weighted by atomic mass is 9.78. The van der Waals surface area contributed by atoms with E-state index in [9.17, 15) is 5.11 Å². The molecule has 0 heterocycles. The van der Waals surface area contributed by atoms with Crippen molar-refractivity contribution in [1.82, 2.24) is 5.32 Å². The smallest absolute Gasteiger partial charge is 0.0771 e. The Balaban J connectivity index is 2.10. The van der Waals surface area contributed by atoms with Gasteiger partial charge in [-0.2, -0.15) is 0 Å². The fourth-order valence-corrected chi connectivity index (χ4v) is 2.49. The van der Waals surface area contributed by atoms with Crippen LogP contribution in [0.5, 0.6) is 0 Å². The van der Waals surface area contributed by atoms with Gasteiger partial charge in [0.25, 0.3) is 0 Å². The second-order valence-corrected chi connectivity index (χ2v) is 5.67. The van der Waals surface area contributed by atoms with Crippen molar-refractivity contribution in [2.24, 2.45) is 5.92 Å². The average molecular weight is 243 g/mol. The molecule has 0 aromatic heterocycles. The number of ether oxygens (including phenoxy) is 1. The largest absolute Gasteiger partial charge is 0.389 e.